The van der Waals surface area contributed by atoms with Gasteiger partial charge in [0, 0.05) is 16.6 Å². The van der Waals surface area contributed by atoms with Crippen LogP contribution in [-0.4, -0.2) is 25.8 Å². The van der Waals surface area contributed by atoms with Gasteiger partial charge in [0.25, 0.3) is 15.9 Å². The summed E-state index contributed by atoms with van der Waals surface area (Å²) < 4.78 is 34.7. The van der Waals surface area contributed by atoms with Crippen LogP contribution in [0.3, 0.4) is 0 Å². The van der Waals surface area contributed by atoms with Crippen LogP contribution < -0.4 is 9.46 Å². The Labute approximate surface area is 242 Å². The van der Waals surface area contributed by atoms with Crippen molar-refractivity contribution in [1.82, 2.24) is 4.90 Å². The Kier molecular flexibility index (Phi) is 9.05. The van der Waals surface area contributed by atoms with Crippen LogP contribution in [0.5, 0.6) is 11.5 Å². The second-order valence-electron chi connectivity index (χ2n) is 8.26. The molecule has 4 aromatic carbocycles. The van der Waals surface area contributed by atoms with Gasteiger partial charge in [-0.1, -0.05) is 71.1 Å². The second-order valence-corrected chi connectivity index (χ2v) is 11.2. The van der Waals surface area contributed by atoms with Crippen LogP contribution in [0.1, 0.15) is 15.9 Å². The molecule has 198 valence electrons. The van der Waals surface area contributed by atoms with E-state index in [2.05, 4.69) is 10.6 Å². The highest BCUT2D eigenvalue weighted by Gasteiger charge is 2.23. The van der Waals surface area contributed by atoms with Crippen LogP contribution in [0, 0.1) is 12.3 Å². The number of halogens is 3. The fourth-order valence-corrected chi connectivity index (χ4v) is 5.26. The third-order valence-electron chi connectivity index (χ3n) is 5.54. The highest BCUT2D eigenvalue weighted by molar-refractivity contribution is 7.92. The monoisotopic (exact) mass is 598 g/mol. The number of rotatable bonds is 9. The molecule has 0 saturated heterocycles. The minimum Gasteiger partial charge on any atom is -0.456 e. The molecule has 4 aromatic rings. The third-order valence-corrected chi connectivity index (χ3v) is 7.84. The summed E-state index contributed by atoms with van der Waals surface area (Å²) in [5, 5.41) is 1.14. The molecule has 0 saturated carbocycles. The maximum atomic E-state index is 13.6. The van der Waals surface area contributed by atoms with E-state index in [-0.39, 0.29) is 34.3 Å². The predicted molar refractivity (Wildman–Crippen MR) is 155 cm³/mol. The van der Waals surface area contributed by atoms with Crippen LogP contribution in [0.4, 0.5) is 5.69 Å². The zero-order chi connectivity index (χ0) is 28.0. The van der Waals surface area contributed by atoms with Gasteiger partial charge in [-0.05, 0) is 66.2 Å². The summed E-state index contributed by atoms with van der Waals surface area (Å²) in [7, 11) is -4.09. The Morgan fingerprint density at radius 3 is 2.23 bits per heavy atom. The standard InChI is InChI=1S/C29H21Cl3N2O4S/c1-2-17-34(19-20-7-3-4-8-25(20)31)29(35)24-18-21(30)11-16-27(24)33-39(36,37)23-14-12-22(13-15-23)38-28-10-6-5-9-26(28)32/h1,3-16,18,33H,17,19H2. The first-order valence-electron chi connectivity index (χ1n) is 11.5. The molecular weight excluding hydrogens is 579 g/mol. The molecule has 0 bridgehead atoms. The van der Waals surface area contributed by atoms with E-state index in [1.54, 1.807) is 48.5 Å². The van der Waals surface area contributed by atoms with E-state index in [0.717, 1.165) is 0 Å². The lowest BCUT2D eigenvalue weighted by atomic mass is 10.1. The van der Waals surface area contributed by atoms with E-state index in [9.17, 15) is 13.2 Å². The molecule has 6 nitrogen and oxygen atoms in total. The molecule has 10 heteroatoms. The molecule has 39 heavy (non-hydrogen) atoms. The number of ether oxygens (including phenoxy) is 1. The lowest BCUT2D eigenvalue weighted by Crippen LogP contribution is -2.32. The van der Waals surface area contributed by atoms with Crippen LogP contribution in [0.25, 0.3) is 0 Å². The number of sulfonamides is 1. The molecule has 0 spiro atoms. The number of para-hydroxylation sites is 1. The minimum atomic E-state index is -4.09. The number of nitrogens with one attached hydrogen (secondary N) is 1. The average Bonchev–Trinajstić information content (AvgIpc) is 2.92. The van der Waals surface area contributed by atoms with Gasteiger partial charge < -0.3 is 9.64 Å². The second kappa shape index (κ2) is 12.5. The smallest absolute Gasteiger partial charge is 0.261 e. The molecule has 4 rings (SSSR count). The summed E-state index contributed by atoms with van der Waals surface area (Å²) in [6.45, 7) is 0.0873. The molecule has 0 aromatic heterocycles. The Hall–Kier alpha value is -3.67. The van der Waals surface area contributed by atoms with E-state index in [0.29, 0.717) is 27.1 Å². The van der Waals surface area contributed by atoms with Gasteiger partial charge in [0.2, 0.25) is 0 Å². The number of hydrogen-bond acceptors (Lipinski definition) is 4. The number of terminal acetylenes is 1. The molecule has 0 unspecified atom stereocenters. The lowest BCUT2D eigenvalue weighted by Gasteiger charge is -2.23. The lowest BCUT2D eigenvalue weighted by molar-refractivity contribution is 0.0767. The van der Waals surface area contributed by atoms with Gasteiger partial charge in [0.1, 0.15) is 11.5 Å². The first kappa shape index (κ1) is 28.3. The van der Waals surface area contributed by atoms with Crippen LogP contribution >= 0.6 is 34.8 Å². The van der Waals surface area contributed by atoms with Gasteiger partial charge in [-0.25, -0.2) is 8.42 Å². The number of carbonyl (C=O) groups is 1. The van der Waals surface area contributed by atoms with Crippen molar-refractivity contribution in [2.45, 2.75) is 11.4 Å². The first-order valence-corrected chi connectivity index (χ1v) is 14.1. The number of hydrogen-bond donors (Lipinski definition) is 1. The Morgan fingerprint density at radius 2 is 1.56 bits per heavy atom. The van der Waals surface area contributed by atoms with Gasteiger partial charge in [-0.3, -0.25) is 9.52 Å². The largest absolute Gasteiger partial charge is 0.456 e. The normalized spacial score (nSPS) is 10.9. The number of anilines is 1. The van der Waals surface area contributed by atoms with Crippen molar-refractivity contribution >= 4 is 56.4 Å². The van der Waals surface area contributed by atoms with Crippen molar-refractivity contribution in [3.8, 4) is 23.8 Å². The minimum absolute atomic E-state index is 0.0321. The molecule has 0 radical (unpaired) electrons. The van der Waals surface area contributed by atoms with Gasteiger partial charge in [-0.2, -0.15) is 0 Å². The fourth-order valence-electron chi connectivity index (χ4n) is 3.64. The van der Waals surface area contributed by atoms with Gasteiger partial charge >= 0.3 is 0 Å². The van der Waals surface area contributed by atoms with E-state index < -0.39 is 15.9 Å². The summed E-state index contributed by atoms with van der Waals surface area (Å²) in [5.41, 5.74) is 0.764. The van der Waals surface area contributed by atoms with Gasteiger partial charge in [-0.15, -0.1) is 6.42 Å². The number of nitrogens with zero attached hydrogens (tertiary/aromatic N) is 1. The summed E-state index contributed by atoms with van der Waals surface area (Å²) in [6, 6.07) is 24.0. The summed E-state index contributed by atoms with van der Waals surface area (Å²) >= 11 is 18.6. The molecule has 0 fully saturated rings. The van der Waals surface area contributed by atoms with Crippen molar-refractivity contribution in [3.05, 3.63) is 117 Å². The van der Waals surface area contributed by atoms with E-state index in [1.807, 2.05) is 0 Å². The maximum absolute atomic E-state index is 13.6. The van der Waals surface area contributed by atoms with E-state index in [1.165, 1.54) is 47.4 Å². The topological polar surface area (TPSA) is 75.7 Å². The number of benzene rings is 4. The van der Waals surface area contributed by atoms with Crippen LogP contribution in [0.2, 0.25) is 15.1 Å². The summed E-state index contributed by atoms with van der Waals surface area (Å²) in [6.07, 6.45) is 5.52. The fraction of sp³-hybridized carbons (Fsp3) is 0.0690. The average molecular weight is 600 g/mol. The van der Waals surface area contributed by atoms with Crippen molar-refractivity contribution in [3.63, 3.8) is 0 Å². The van der Waals surface area contributed by atoms with Crippen molar-refractivity contribution in [1.29, 1.82) is 0 Å². The molecular formula is C29H21Cl3N2O4S. The summed E-state index contributed by atoms with van der Waals surface area (Å²) in [5.74, 6) is 2.78. The first-order chi connectivity index (χ1) is 18.7. The Bertz CT molecular complexity index is 1650. The maximum Gasteiger partial charge on any atom is 0.261 e. The van der Waals surface area contributed by atoms with Crippen molar-refractivity contribution in [2.75, 3.05) is 11.3 Å². The molecule has 0 heterocycles. The van der Waals surface area contributed by atoms with Crippen LogP contribution in [0.15, 0.2) is 95.9 Å². The van der Waals surface area contributed by atoms with E-state index in [4.69, 9.17) is 46.0 Å². The van der Waals surface area contributed by atoms with Gasteiger partial charge in [0.05, 0.1) is 27.7 Å². The van der Waals surface area contributed by atoms with E-state index >= 15 is 0 Å². The molecule has 1 amide bonds. The van der Waals surface area contributed by atoms with Gasteiger partial charge in [0.15, 0.2) is 0 Å². The zero-order valence-corrected chi connectivity index (χ0v) is 23.4. The SMILES string of the molecule is C#CCN(Cc1ccccc1Cl)C(=O)c1cc(Cl)ccc1NS(=O)(=O)c1ccc(Oc2ccccc2Cl)cc1. The molecule has 0 aliphatic carbocycles. The third kappa shape index (κ3) is 7.05. The number of amides is 1. The van der Waals surface area contributed by atoms with Crippen molar-refractivity contribution < 1.29 is 17.9 Å². The molecule has 1 N–H and O–H groups in total. The quantitative estimate of drug-likeness (QED) is 0.202. The van der Waals surface area contributed by atoms with Crippen LogP contribution in [-0.2, 0) is 16.6 Å². The summed E-state index contributed by atoms with van der Waals surface area (Å²) in [4.78, 5) is 14.9. The zero-order valence-electron chi connectivity index (χ0n) is 20.3. The molecule has 0 atom stereocenters. The molecule has 0 aliphatic rings. The number of carbonyl (C=O) groups excluding carboxylic acids is 1. The Balaban J connectivity index is 1.59. The van der Waals surface area contributed by atoms with Crippen molar-refractivity contribution in [2.24, 2.45) is 0 Å². The molecule has 0 aliphatic heterocycles. The Morgan fingerprint density at radius 1 is 0.897 bits per heavy atom. The highest BCUT2D eigenvalue weighted by Crippen LogP contribution is 2.30. The predicted octanol–water partition coefficient (Wildman–Crippen LogP) is 7.52. The highest BCUT2D eigenvalue weighted by atomic mass is 35.5.